The number of benzene rings is 2. The van der Waals surface area contributed by atoms with E-state index in [9.17, 15) is 43.9 Å². The number of nitrogens with zero attached hydrogens (tertiary/aromatic N) is 2. The quantitative estimate of drug-likeness (QED) is 0.153. The van der Waals surface area contributed by atoms with Gasteiger partial charge >= 0.3 is 6.85 Å². The predicted molar refractivity (Wildman–Crippen MR) is 98.1 cm³/mol. The predicted octanol–water partition coefficient (Wildman–Crippen LogP) is 4.33. The highest BCUT2D eigenvalue weighted by atomic mass is 19.2. The third-order valence-electron chi connectivity index (χ3n) is 4.43. The van der Waals surface area contributed by atoms with Crippen LogP contribution >= 0.6 is 0 Å². The molecule has 0 heterocycles. The van der Waals surface area contributed by atoms with E-state index in [-0.39, 0.29) is 0 Å². The molecule has 0 amide bonds. The van der Waals surface area contributed by atoms with E-state index in [1.165, 1.54) is 27.7 Å². The van der Waals surface area contributed by atoms with Gasteiger partial charge in [0.1, 0.15) is 0 Å². The normalized spacial score (nSPS) is 11.9. The first-order chi connectivity index (χ1) is 14.7. The summed E-state index contributed by atoms with van der Waals surface area (Å²) in [4.78, 5) is 4.47. The average molecular weight is 472 g/mol. The third-order valence-corrected chi connectivity index (χ3v) is 4.43. The Balaban J connectivity index is 3.08. The Morgan fingerprint density at radius 3 is 1.09 bits per heavy atom. The Morgan fingerprint density at radius 1 is 0.562 bits per heavy atom. The maximum Gasteiger partial charge on any atom is 0.337 e. The van der Waals surface area contributed by atoms with Gasteiger partial charge in [0.05, 0.1) is 6.34 Å². The van der Waals surface area contributed by atoms with Crippen LogP contribution in [0.5, 0.6) is 0 Å². The van der Waals surface area contributed by atoms with E-state index >= 15 is 0 Å². The Bertz CT molecular complexity index is 944. The molecule has 0 bridgehead atoms. The van der Waals surface area contributed by atoms with Crippen molar-refractivity contribution in [2.24, 2.45) is 4.99 Å². The summed E-state index contributed by atoms with van der Waals surface area (Å²) in [7, 11) is 0. The van der Waals surface area contributed by atoms with Crippen molar-refractivity contribution in [2.75, 3.05) is 0 Å². The van der Waals surface area contributed by atoms with E-state index in [4.69, 9.17) is 0 Å². The highest BCUT2D eigenvalue weighted by Crippen LogP contribution is 2.22. The van der Waals surface area contributed by atoms with E-state index in [0.717, 1.165) is 6.34 Å². The van der Waals surface area contributed by atoms with Crippen molar-refractivity contribution in [3.05, 3.63) is 58.2 Å². The molecule has 0 fully saturated rings. The fourth-order valence-electron chi connectivity index (χ4n) is 2.87. The molecule has 0 saturated heterocycles. The number of rotatable bonds is 6. The van der Waals surface area contributed by atoms with Gasteiger partial charge in [0, 0.05) is 23.0 Å². The zero-order valence-corrected chi connectivity index (χ0v) is 17.0. The van der Waals surface area contributed by atoms with E-state index in [2.05, 4.69) is 4.99 Å². The molecule has 2 rings (SSSR count). The second-order valence-corrected chi connectivity index (χ2v) is 7.27. The van der Waals surface area contributed by atoms with Crippen molar-refractivity contribution < 1.29 is 43.9 Å². The smallest absolute Gasteiger partial charge is 0.337 e. The molecular weight excluding hydrogens is 457 g/mol. The molecule has 0 radical (unpaired) electrons. The van der Waals surface area contributed by atoms with Gasteiger partial charge in [-0.25, -0.2) is 43.9 Å². The fourth-order valence-corrected chi connectivity index (χ4v) is 2.87. The van der Waals surface area contributed by atoms with Crippen LogP contribution in [0.2, 0.25) is 0 Å². The maximum atomic E-state index is 14.6. The molecule has 32 heavy (non-hydrogen) atoms. The van der Waals surface area contributed by atoms with Crippen LogP contribution in [0.1, 0.15) is 27.7 Å². The minimum atomic E-state index is -2.66. The second kappa shape index (κ2) is 9.41. The highest BCUT2D eigenvalue weighted by Gasteiger charge is 2.43. The Hall–Kier alpha value is -2.73. The van der Waals surface area contributed by atoms with Gasteiger partial charge in [0.25, 0.3) is 0 Å². The van der Waals surface area contributed by atoms with Crippen molar-refractivity contribution in [1.29, 1.82) is 0 Å². The SMILES string of the molecule is CC(C)N=CN(B(c1c(F)c(F)c(F)c(F)c1F)c1c(F)c(F)c(F)c(F)c1F)C(C)C. The first kappa shape index (κ1) is 25.5. The lowest BCUT2D eigenvalue weighted by molar-refractivity contribution is 0.380. The molecule has 0 saturated carbocycles. The van der Waals surface area contributed by atoms with Crippen LogP contribution in [-0.2, 0) is 0 Å². The monoisotopic (exact) mass is 472 g/mol. The van der Waals surface area contributed by atoms with Crippen LogP contribution in [0.3, 0.4) is 0 Å². The molecule has 0 aromatic heterocycles. The molecule has 0 N–H and O–H groups in total. The van der Waals surface area contributed by atoms with Crippen LogP contribution in [0, 0.1) is 58.2 Å². The number of hydrogen-bond acceptors (Lipinski definition) is 1. The van der Waals surface area contributed by atoms with Gasteiger partial charge in [-0.2, -0.15) is 0 Å². The molecule has 2 aromatic rings. The number of hydrogen-bond donors (Lipinski definition) is 0. The van der Waals surface area contributed by atoms with E-state index in [1.807, 2.05) is 0 Å². The standard InChI is InChI=1S/C19H15BF10N2/c1-6(2)31-5-32(7(3)4)20(8-10(21)14(25)18(29)15(26)11(8)22)9-12(23)16(27)19(30)17(28)13(9)24/h5-7H,1-4H3. The minimum absolute atomic E-state index is 0.523. The summed E-state index contributed by atoms with van der Waals surface area (Å²) in [5, 5.41) is 0. The Labute approximate surface area is 176 Å². The fraction of sp³-hybridized carbons (Fsp3) is 0.316. The maximum absolute atomic E-state index is 14.6. The molecule has 2 aromatic carbocycles. The van der Waals surface area contributed by atoms with Gasteiger partial charge in [0.15, 0.2) is 58.2 Å². The molecule has 0 aliphatic heterocycles. The van der Waals surface area contributed by atoms with Gasteiger partial charge in [-0.3, -0.25) is 4.99 Å². The number of halogens is 10. The number of aliphatic imine (C=N–C) groups is 1. The first-order valence-corrected chi connectivity index (χ1v) is 9.07. The van der Waals surface area contributed by atoms with Crippen LogP contribution in [0.25, 0.3) is 0 Å². The van der Waals surface area contributed by atoms with E-state index < -0.39 is 88.0 Å². The Morgan fingerprint density at radius 2 is 0.844 bits per heavy atom. The molecule has 0 atom stereocenters. The lowest BCUT2D eigenvalue weighted by Gasteiger charge is -2.33. The zero-order valence-electron chi connectivity index (χ0n) is 17.0. The molecule has 0 aliphatic rings. The summed E-state index contributed by atoms with van der Waals surface area (Å²) in [5.41, 5.74) is -3.62. The van der Waals surface area contributed by atoms with Crippen molar-refractivity contribution in [3.8, 4) is 0 Å². The summed E-state index contributed by atoms with van der Waals surface area (Å²) >= 11 is 0. The van der Waals surface area contributed by atoms with Crippen molar-refractivity contribution in [1.82, 2.24) is 4.81 Å². The highest BCUT2D eigenvalue weighted by molar-refractivity contribution is 6.84. The van der Waals surface area contributed by atoms with E-state index in [1.54, 1.807) is 0 Å². The van der Waals surface area contributed by atoms with Crippen LogP contribution in [0.15, 0.2) is 4.99 Å². The molecule has 2 nitrogen and oxygen atoms in total. The van der Waals surface area contributed by atoms with Crippen molar-refractivity contribution in [2.45, 2.75) is 39.8 Å². The molecule has 13 heteroatoms. The van der Waals surface area contributed by atoms with Crippen molar-refractivity contribution >= 4 is 24.1 Å². The van der Waals surface area contributed by atoms with E-state index in [0.29, 0.717) is 4.81 Å². The summed E-state index contributed by atoms with van der Waals surface area (Å²) in [6.45, 7) is 2.92. The van der Waals surface area contributed by atoms with Gasteiger partial charge in [-0.15, -0.1) is 0 Å². The average Bonchev–Trinajstić information content (AvgIpc) is 2.73. The minimum Gasteiger partial charge on any atom is -0.396 e. The Kier molecular flexibility index (Phi) is 7.51. The van der Waals surface area contributed by atoms with Gasteiger partial charge in [0.2, 0.25) is 0 Å². The van der Waals surface area contributed by atoms with Gasteiger partial charge in [-0.05, 0) is 27.7 Å². The summed E-state index contributed by atoms with van der Waals surface area (Å²) in [6.07, 6.45) is 0.774. The second-order valence-electron chi connectivity index (χ2n) is 7.27. The topological polar surface area (TPSA) is 15.6 Å². The largest absolute Gasteiger partial charge is 0.396 e. The lowest BCUT2D eigenvalue weighted by Crippen LogP contribution is -2.63. The first-order valence-electron chi connectivity index (χ1n) is 9.07. The summed E-state index contributed by atoms with van der Waals surface area (Å²) in [6, 6.07) is -1.54. The summed E-state index contributed by atoms with van der Waals surface area (Å²) in [5.74, 6) is -25.0. The van der Waals surface area contributed by atoms with Crippen molar-refractivity contribution in [3.63, 3.8) is 0 Å². The van der Waals surface area contributed by atoms with Crippen LogP contribution < -0.4 is 10.9 Å². The van der Waals surface area contributed by atoms with Gasteiger partial charge in [-0.1, -0.05) is 0 Å². The molecule has 0 unspecified atom stereocenters. The molecular formula is C19H15BF10N2. The lowest BCUT2D eigenvalue weighted by atomic mass is 9.48. The third kappa shape index (κ3) is 4.29. The molecule has 174 valence electrons. The van der Waals surface area contributed by atoms with Crippen LogP contribution in [0.4, 0.5) is 43.9 Å². The summed E-state index contributed by atoms with van der Waals surface area (Å²) < 4.78 is 141. The zero-order chi connectivity index (χ0) is 24.7. The van der Waals surface area contributed by atoms with Gasteiger partial charge < -0.3 is 4.81 Å². The molecule has 0 aliphatic carbocycles. The molecule has 0 spiro atoms. The van der Waals surface area contributed by atoms with Crippen LogP contribution in [-0.4, -0.2) is 30.1 Å².